The van der Waals surface area contributed by atoms with Crippen LogP contribution in [0.25, 0.3) is 0 Å². The highest BCUT2D eigenvalue weighted by molar-refractivity contribution is 6.01. The van der Waals surface area contributed by atoms with Gasteiger partial charge in [-0.15, -0.1) is 0 Å². The minimum Gasteiger partial charge on any atom is -0.370 e. The number of hydrogen-bond acceptors (Lipinski definition) is 3. The highest BCUT2D eigenvalue weighted by atomic mass is 16.5. The van der Waals surface area contributed by atoms with Crippen LogP contribution in [0.3, 0.4) is 0 Å². The van der Waals surface area contributed by atoms with Crippen molar-refractivity contribution in [2.75, 3.05) is 25.1 Å². The second-order valence-corrected chi connectivity index (χ2v) is 6.69. The summed E-state index contributed by atoms with van der Waals surface area (Å²) in [5.41, 5.74) is 2.38. The number of ether oxygens (including phenoxy) is 1. The molecule has 0 unspecified atom stereocenters. The van der Waals surface area contributed by atoms with Crippen molar-refractivity contribution in [1.29, 1.82) is 0 Å². The summed E-state index contributed by atoms with van der Waals surface area (Å²) in [4.78, 5) is 28.1. The number of hydrogen-bond donors (Lipinski definition) is 0. The number of amides is 2. The number of carbonyl (C=O) groups is 2. The molecule has 2 atom stereocenters. The van der Waals surface area contributed by atoms with Crippen molar-refractivity contribution in [3.05, 3.63) is 78.4 Å². The predicted molar refractivity (Wildman–Crippen MR) is 106 cm³/mol. The molecule has 2 aromatic carbocycles. The van der Waals surface area contributed by atoms with Crippen LogP contribution in [0.4, 0.5) is 5.69 Å². The first-order valence-corrected chi connectivity index (χ1v) is 8.99. The van der Waals surface area contributed by atoms with Crippen LogP contribution in [-0.2, 0) is 9.53 Å². The average molecular weight is 364 g/mol. The number of carbonyl (C=O) groups excluding carboxylic acids is 2. The van der Waals surface area contributed by atoms with Crippen molar-refractivity contribution in [2.24, 2.45) is 0 Å². The molecule has 0 radical (unpaired) electrons. The summed E-state index contributed by atoms with van der Waals surface area (Å²) in [7, 11) is 1.68. The minimum atomic E-state index is -0.193. The molecule has 0 bridgehead atoms. The summed E-state index contributed by atoms with van der Waals surface area (Å²) in [6, 6.07) is 17.0. The highest BCUT2D eigenvalue weighted by Crippen LogP contribution is 2.26. The molecule has 1 aliphatic heterocycles. The lowest BCUT2D eigenvalue weighted by Gasteiger charge is -2.38. The molecule has 2 amide bonds. The van der Waals surface area contributed by atoms with Gasteiger partial charge in [-0.05, 0) is 42.8 Å². The van der Waals surface area contributed by atoms with E-state index in [1.165, 1.54) is 11.0 Å². The van der Waals surface area contributed by atoms with E-state index in [2.05, 4.69) is 6.58 Å². The molecule has 1 aliphatic rings. The maximum absolute atomic E-state index is 13.0. The molecule has 0 spiro atoms. The van der Waals surface area contributed by atoms with Gasteiger partial charge in [-0.25, -0.2) is 0 Å². The first kappa shape index (κ1) is 18.9. The van der Waals surface area contributed by atoms with Crippen LogP contribution in [0.2, 0.25) is 0 Å². The van der Waals surface area contributed by atoms with Crippen LogP contribution in [0, 0.1) is 0 Å². The lowest BCUT2D eigenvalue weighted by molar-refractivity contribution is -0.113. The average Bonchev–Trinajstić information content (AvgIpc) is 2.73. The molecule has 0 aliphatic carbocycles. The Kier molecular flexibility index (Phi) is 5.72. The van der Waals surface area contributed by atoms with Gasteiger partial charge < -0.3 is 14.5 Å². The molecule has 5 heteroatoms. The lowest BCUT2D eigenvalue weighted by atomic mass is 10.0. The van der Waals surface area contributed by atoms with E-state index >= 15 is 0 Å². The zero-order valence-corrected chi connectivity index (χ0v) is 15.7. The highest BCUT2D eigenvalue weighted by Gasteiger charge is 2.31. The summed E-state index contributed by atoms with van der Waals surface area (Å²) < 4.78 is 5.93. The molecule has 2 aromatic rings. The first-order chi connectivity index (χ1) is 13.0. The van der Waals surface area contributed by atoms with Crippen molar-refractivity contribution >= 4 is 17.5 Å². The molecule has 1 fully saturated rings. The summed E-state index contributed by atoms with van der Waals surface area (Å²) in [6.45, 7) is 6.50. The van der Waals surface area contributed by atoms with Crippen molar-refractivity contribution in [1.82, 2.24) is 4.90 Å². The fraction of sp³-hybridized carbons (Fsp3) is 0.273. The summed E-state index contributed by atoms with van der Waals surface area (Å²) in [5.74, 6) is -0.224. The second-order valence-electron chi connectivity index (χ2n) is 6.69. The number of nitrogens with zero attached hydrogens (tertiary/aromatic N) is 2. The summed E-state index contributed by atoms with van der Waals surface area (Å²) in [6.07, 6.45) is 1.14. The van der Waals surface area contributed by atoms with Crippen molar-refractivity contribution < 1.29 is 14.3 Å². The Morgan fingerprint density at radius 2 is 1.81 bits per heavy atom. The first-order valence-electron chi connectivity index (χ1n) is 8.99. The minimum absolute atomic E-state index is 0.00200. The van der Waals surface area contributed by atoms with Gasteiger partial charge in [0.1, 0.15) is 6.10 Å². The molecule has 0 aromatic heterocycles. The van der Waals surface area contributed by atoms with E-state index in [1.54, 1.807) is 31.3 Å². The van der Waals surface area contributed by atoms with Gasteiger partial charge in [0.25, 0.3) is 5.91 Å². The van der Waals surface area contributed by atoms with Gasteiger partial charge in [0.05, 0.1) is 19.2 Å². The second kappa shape index (κ2) is 8.18. The molecule has 27 heavy (non-hydrogen) atoms. The van der Waals surface area contributed by atoms with E-state index in [9.17, 15) is 9.59 Å². The third-order valence-electron chi connectivity index (χ3n) is 4.87. The van der Waals surface area contributed by atoms with Crippen LogP contribution in [0.15, 0.2) is 67.3 Å². The summed E-state index contributed by atoms with van der Waals surface area (Å²) >= 11 is 0. The largest absolute Gasteiger partial charge is 0.370 e. The fourth-order valence-corrected chi connectivity index (χ4v) is 3.17. The van der Waals surface area contributed by atoms with Gasteiger partial charge in [0, 0.05) is 18.3 Å². The van der Waals surface area contributed by atoms with Crippen LogP contribution in [0.1, 0.15) is 28.9 Å². The van der Waals surface area contributed by atoms with Gasteiger partial charge in [-0.2, -0.15) is 0 Å². The SMILES string of the molecule is C=CC(=O)N(C)c1ccc(C(=O)N2C[C@H](c3ccccc3)OC[C@H]2C)cc1. The Bertz CT molecular complexity index is 817. The summed E-state index contributed by atoms with van der Waals surface area (Å²) in [5, 5.41) is 0. The van der Waals surface area contributed by atoms with Crippen LogP contribution >= 0.6 is 0 Å². The zero-order valence-electron chi connectivity index (χ0n) is 15.7. The number of benzene rings is 2. The Hall–Kier alpha value is -2.92. The normalized spacial score (nSPS) is 19.4. The Labute approximate surface area is 159 Å². The third kappa shape index (κ3) is 4.09. The van der Waals surface area contributed by atoms with E-state index in [1.807, 2.05) is 42.2 Å². The Balaban J connectivity index is 1.75. The van der Waals surface area contributed by atoms with E-state index in [-0.39, 0.29) is 24.0 Å². The molecular weight excluding hydrogens is 340 g/mol. The van der Waals surface area contributed by atoms with Crippen LogP contribution in [-0.4, -0.2) is 43.0 Å². The van der Waals surface area contributed by atoms with Gasteiger partial charge >= 0.3 is 0 Å². The van der Waals surface area contributed by atoms with Gasteiger partial charge in [0.15, 0.2) is 0 Å². The molecule has 1 heterocycles. The number of morpholine rings is 1. The molecular formula is C22H24N2O3. The number of likely N-dealkylation sites (N-methyl/N-ethyl adjacent to an activating group) is 1. The van der Waals surface area contributed by atoms with E-state index < -0.39 is 0 Å². The fourth-order valence-electron chi connectivity index (χ4n) is 3.17. The van der Waals surface area contributed by atoms with Crippen LogP contribution < -0.4 is 4.90 Å². The van der Waals surface area contributed by atoms with Crippen LogP contribution in [0.5, 0.6) is 0 Å². The quantitative estimate of drug-likeness (QED) is 0.781. The molecule has 3 rings (SSSR count). The smallest absolute Gasteiger partial charge is 0.254 e. The standard InChI is InChI=1S/C22H24N2O3/c1-4-21(25)23(3)19-12-10-18(11-13-19)22(26)24-14-20(27-15-16(24)2)17-8-6-5-7-9-17/h4-13,16,20H,1,14-15H2,2-3H3/t16-,20-/m1/s1. The third-order valence-corrected chi connectivity index (χ3v) is 4.87. The predicted octanol–water partition coefficient (Wildman–Crippen LogP) is 3.44. The zero-order chi connectivity index (χ0) is 19.4. The number of rotatable bonds is 4. The molecule has 1 saturated heterocycles. The molecule has 0 saturated carbocycles. The van der Waals surface area contributed by atoms with Gasteiger partial charge in [-0.1, -0.05) is 36.9 Å². The Morgan fingerprint density at radius 3 is 2.44 bits per heavy atom. The van der Waals surface area contributed by atoms with Gasteiger partial charge in [0.2, 0.25) is 5.91 Å². The van der Waals surface area contributed by atoms with E-state index in [4.69, 9.17) is 4.74 Å². The molecule has 140 valence electrons. The lowest BCUT2D eigenvalue weighted by Crippen LogP contribution is -2.48. The van der Waals surface area contributed by atoms with E-state index in [0.29, 0.717) is 24.4 Å². The Morgan fingerprint density at radius 1 is 1.15 bits per heavy atom. The number of anilines is 1. The van der Waals surface area contributed by atoms with Crippen molar-refractivity contribution in [3.8, 4) is 0 Å². The maximum Gasteiger partial charge on any atom is 0.254 e. The van der Waals surface area contributed by atoms with Crippen molar-refractivity contribution in [2.45, 2.75) is 19.1 Å². The maximum atomic E-state index is 13.0. The monoisotopic (exact) mass is 364 g/mol. The van der Waals surface area contributed by atoms with Gasteiger partial charge in [-0.3, -0.25) is 9.59 Å². The molecule has 0 N–H and O–H groups in total. The topological polar surface area (TPSA) is 49.9 Å². The molecule has 5 nitrogen and oxygen atoms in total. The van der Waals surface area contributed by atoms with Crippen molar-refractivity contribution in [3.63, 3.8) is 0 Å². The van der Waals surface area contributed by atoms with E-state index in [0.717, 1.165) is 5.56 Å².